The van der Waals surface area contributed by atoms with Crippen molar-refractivity contribution in [1.82, 2.24) is 9.91 Å². The van der Waals surface area contributed by atoms with Gasteiger partial charge in [0.05, 0.1) is 5.71 Å². The Morgan fingerprint density at radius 2 is 1.94 bits per heavy atom. The molecule has 94 valence electrons. The van der Waals surface area contributed by atoms with Gasteiger partial charge in [-0.25, -0.2) is 5.01 Å². The lowest BCUT2D eigenvalue weighted by Gasteiger charge is -2.37. The molecule has 1 fully saturated rings. The molecule has 0 bridgehead atoms. The van der Waals surface area contributed by atoms with Crippen molar-refractivity contribution in [2.24, 2.45) is 5.10 Å². The third-order valence-electron chi connectivity index (χ3n) is 3.93. The van der Waals surface area contributed by atoms with E-state index in [1.54, 1.807) is 7.05 Å². The summed E-state index contributed by atoms with van der Waals surface area (Å²) in [6.07, 6.45) is 0.863. The number of rotatable bonds is 1. The number of likely N-dealkylation sites (tertiary alicyclic amines) is 1. The van der Waals surface area contributed by atoms with E-state index in [1.165, 1.54) is 5.01 Å². The number of hydrazone groups is 1. The largest absolute Gasteiger partial charge is 0.304 e. The van der Waals surface area contributed by atoms with E-state index >= 15 is 0 Å². The van der Waals surface area contributed by atoms with Crippen LogP contribution in [0.25, 0.3) is 0 Å². The number of nitrogens with zero attached hydrogens (tertiary/aromatic N) is 3. The fraction of sp³-hybridized carbons (Fsp3) is 0.429. The van der Waals surface area contributed by atoms with Gasteiger partial charge in [-0.15, -0.1) is 0 Å². The van der Waals surface area contributed by atoms with E-state index in [2.05, 4.69) is 17.0 Å². The van der Waals surface area contributed by atoms with Crippen LogP contribution in [0, 0.1) is 0 Å². The van der Waals surface area contributed by atoms with Crippen LogP contribution in [0.2, 0.25) is 0 Å². The molecule has 4 nitrogen and oxygen atoms in total. The van der Waals surface area contributed by atoms with Crippen LogP contribution in [0.3, 0.4) is 0 Å². The Kier molecular flexibility index (Phi) is 2.48. The molecule has 2 aliphatic heterocycles. The van der Waals surface area contributed by atoms with E-state index in [1.807, 2.05) is 30.3 Å². The first-order valence-electron chi connectivity index (χ1n) is 6.25. The van der Waals surface area contributed by atoms with Crippen LogP contribution in [0.4, 0.5) is 0 Å². The maximum absolute atomic E-state index is 12.6. The molecule has 0 aromatic heterocycles. The number of hydrogen-bond donors (Lipinski definition) is 0. The van der Waals surface area contributed by atoms with Gasteiger partial charge in [0.2, 0.25) is 0 Å². The van der Waals surface area contributed by atoms with Crippen molar-refractivity contribution in [2.45, 2.75) is 11.8 Å². The third-order valence-corrected chi connectivity index (χ3v) is 3.93. The summed E-state index contributed by atoms with van der Waals surface area (Å²) in [5.74, 6) is 0.0928. The molecular weight excluding hydrogens is 226 g/mol. The number of amides is 1. The molecule has 18 heavy (non-hydrogen) atoms. The summed E-state index contributed by atoms with van der Waals surface area (Å²) in [4.78, 5) is 14.8. The lowest BCUT2D eigenvalue weighted by molar-refractivity contribution is -0.132. The van der Waals surface area contributed by atoms with E-state index < -0.39 is 5.41 Å². The van der Waals surface area contributed by atoms with Gasteiger partial charge in [-0.2, -0.15) is 5.10 Å². The van der Waals surface area contributed by atoms with Crippen LogP contribution in [0.1, 0.15) is 12.0 Å². The number of benzene rings is 1. The molecule has 2 aliphatic rings. The summed E-state index contributed by atoms with van der Waals surface area (Å²) < 4.78 is 0. The predicted octanol–water partition coefficient (Wildman–Crippen LogP) is 1.09. The van der Waals surface area contributed by atoms with Crippen molar-refractivity contribution in [3.63, 3.8) is 0 Å². The number of likely N-dealkylation sites (N-methyl/N-ethyl adjacent to an activating group) is 2. The Balaban J connectivity index is 2.15. The lowest BCUT2D eigenvalue weighted by Crippen LogP contribution is -2.54. The zero-order valence-electron chi connectivity index (χ0n) is 10.8. The van der Waals surface area contributed by atoms with Gasteiger partial charge in [-0.05, 0) is 12.6 Å². The second-order valence-electron chi connectivity index (χ2n) is 5.13. The standard InChI is InChI=1S/C14H17N3O/c1-16-9-8-12-14(10-16,13(18)17(2)15-12)11-6-4-3-5-7-11/h3-7H,8-10H2,1-2H3. The van der Waals surface area contributed by atoms with Crippen molar-refractivity contribution in [3.8, 4) is 0 Å². The van der Waals surface area contributed by atoms with Crippen molar-refractivity contribution in [1.29, 1.82) is 0 Å². The quantitative estimate of drug-likeness (QED) is 0.740. The second-order valence-corrected chi connectivity index (χ2v) is 5.13. The van der Waals surface area contributed by atoms with Gasteiger partial charge in [0.1, 0.15) is 5.41 Å². The van der Waals surface area contributed by atoms with Crippen LogP contribution in [-0.2, 0) is 10.2 Å². The van der Waals surface area contributed by atoms with Crippen molar-refractivity contribution >= 4 is 11.6 Å². The predicted molar refractivity (Wildman–Crippen MR) is 70.4 cm³/mol. The molecule has 0 aliphatic carbocycles. The van der Waals surface area contributed by atoms with E-state index in [9.17, 15) is 4.79 Å². The Morgan fingerprint density at radius 3 is 2.67 bits per heavy atom. The van der Waals surface area contributed by atoms with Gasteiger partial charge < -0.3 is 4.90 Å². The normalized spacial score (nSPS) is 28.2. The molecule has 0 N–H and O–H groups in total. The molecule has 1 atom stereocenters. The molecule has 3 rings (SSSR count). The van der Waals surface area contributed by atoms with Crippen LogP contribution in [-0.4, -0.2) is 48.7 Å². The highest BCUT2D eigenvalue weighted by Gasteiger charge is 2.53. The lowest BCUT2D eigenvalue weighted by atomic mass is 9.72. The Labute approximate surface area is 107 Å². The Morgan fingerprint density at radius 1 is 1.22 bits per heavy atom. The highest BCUT2D eigenvalue weighted by Crippen LogP contribution is 2.37. The smallest absolute Gasteiger partial charge is 0.260 e. The second kappa shape index (κ2) is 3.92. The van der Waals surface area contributed by atoms with Crippen LogP contribution in [0.15, 0.2) is 35.4 Å². The van der Waals surface area contributed by atoms with Crippen LogP contribution in [0.5, 0.6) is 0 Å². The van der Waals surface area contributed by atoms with Gasteiger partial charge in [-0.3, -0.25) is 4.79 Å². The van der Waals surface area contributed by atoms with E-state index in [-0.39, 0.29) is 5.91 Å². The molecular formula is C14H17N3O. The first kappa shape index (κ1) is 11.4. The Hall–Kier alpha value is -1.68. The highest BCUT2D eigenvalue weighted by atomic mass is 16.2. The SMILES string of the molecule is CN1CCC2=NN(C)C(=O)C2(c2ccccc2)C1. The summed E-state index contributed by atoms with van der Waals surface area (Å²) in [5.41, 5.74) is 1.52. The van der Waals surface area contributed by atoms with Gasteiger partial charge in [-0.1, -0.05) is 30.3 Å². The maximum Gasteiger partial charge on any atom is 0.260 e. The minimum atomic E-state index is -0.553. The minimum Gasteiger partial charge on any atom is -0.304 e. The summed E-state index contributed by atoms with van der Waals surface area (Å²) in [7, 11) is 3.81. The minimum absolute atomic E-state index is 0.0928. The zero-order valence-corrected chi connectivity index (χ0v) is 10.8. The average molecular weight is 243 g/mol. The monoisotopic (exact) mass is 243 g/mol. The molecule has 0 radical (unpaired) electrons. The molecule has 0 saturated carbocycles. The first-order valence-corrected chi connectivity index (χ1v) is 6.25. The van der Waals surface area contributed by atoms with Crippen LogP contribution >= 0.6 is 0 Å². The summed E-state index contributed by atoms with van der Waals surface area (Å²) in [6.45, 7) is 1.69. The highest BCUT2D eigenvalue weighted by molar-refractivity contribution is 6.18. The fourth-order valence-electron chi connectivity index (χ4n) is 3.02. The molecule has 1 aromatic rings. The summed E-state index contributed by atoms with van der Waals surface area (Å²) in [5, 5.41) is 5.95. The zero-order chi connectivity index (χ0) is 12.8. The van der Waals surface area contributed by atoms with Crippen molar-refractivity contribution in [3.05, 3.63) is 35.9 Å². The molecule has 1 aromatic carbocycles. The first-order chi connectivity index (χ1) is 8.64. The number of carbonyl (C=O) groups is 1. The molecule has 0 spiro atoms. The maximum atomic E-state index is 12.6. The van der Waals surface area contributed by atoms with Crippen molar-refractivity contribution in [2.75, 3.05) is 27.2 Å². The topological polar surface area (TPSA) is 35.9 Å². The third kappa shape index (κ3) is 1.42. The van der Waals surface area contributed by atoms with Gasteiger partial charge in [0.15, 0.2) is 0 Å². The number of hydrogen-bond acceptors (Lipinski definition) is 3. The summed E-state index contributed by atoms with van der Waals surface area (Å²) in [6, 6.07) is 10.0. The number of piperidine rings is 1. The van der Waals surface area contributed by atoms with Gasteiger partial charge in [0, 0.05) is 26.6 Å². The van der Waals surface area contributed by atoms with E-state index in [0.29, 0.717) is 0 Å². The molecule has 4 heteroatoms. The molecule has 1 saturated heterocycles. The van der Waals surface area contributed by atoms with Crippen molar-refractivity contribution < 1.29 is 4.79 Å². The number of fused-ring (bicyclic) bond motifs is 1. The Bertz CT molecular complexity index is 511. The molecule has 2 heterocycles. The number of carbonyl (C=O) groups excluding carboxylic acids is 1. The van der Waals surface area contributed by atoms with Crippen LogP contribution < -0.4 is 0 Å². The average Bonchev–Trinajstić information content (AvgIpc) is 2.64. The molecule has 1 amide bonds. The van der Waals surface area contributed by atoms with E-state index in [4.69, 9.17) is 0 Å². The summed E-state index contributed by atoms with van der Waals surface area (Å²) >= 11 is 0. The van der Waals surface area contributed by atoms with Gasteiger partial charge in [0.25, 0.3) is 5.91 Å². The fourth-order valence-corrected chi connectivity index (χ4v) is 3.02. The van der Waals surface area contributed by atoms with E-state index in [0.717, 1.165) is 30.8 Å². The van der Waals surface area contributed by atoms with Gasteiger partial charge >= 0.3 is 0 Å². The molecule has 1 unspecified atom stereocenters.